The molecule has 100 valence electrons. The highest BCUT2D eigenvalue weighted by molar-refractivity contribution is 5.18. The van der Waals surface area contributed by atoms with Crippen LogP contribution >= 0.6 is 0 Å². The zero-order valence-electron chi connectivity index (χ0n) is 11.3. The van der Waals surface area contributed by atoms with Crippen molar-refractivity contribution >= 4 is 0 Å². The van der Waals surface area contributed by atoms with Gasteiger partial charge in [0.15, 0.2) is 0 Å². The Morgan fingerprint density at radius 2 is 1.89 bits per heavy atom. The van der Waals surface area contributed by atoms with Gasteiger partial charge in [0.1, 0.15) is 5.82 Å². The smallest absolute Gasteiger partial charge is 0.123 e. The minimum Gasteiger partial charge on any atom is -0.307 e. The number of aromatic nitrogens is 1. The maximum atomic E-state index is 12.8. The first kappa shape index (κ1) is 13.7. The summed E-state index contributed by atoms with van der Waals surface area (Å²) in [6.07, 6.45) is 4.53. The van der Waals surface area contributed by atoms with Gasteiger partial charge in [0.05, 0.1) is 0 Å². The highest BCUT2D eigenvalue weighted by atomic mass is 19.1. The van der Waals surface area contributed by atoms with Crippen molar-refractivity contribution in [3.05, 3.63) is 65.7 Å². The standard InChI is InChI=1S/C16H19FN2/c1-12(10-14-5-7-16(17)8-6-14)19-13(2)15-4-3-9-18-11-15/h3-9,11-13,19H,10H2,1-2H3/t12?,13-/m1/s1. The lowest BCUT2D eigenvalue weighted by Gasteiger charge is -2.20. The number of hydrogen-bond donors (Lipinski definition) is 1. The van der Waals surface area contributed by atoms with Crippen LogP contribution in [-0.4, -0.2) is 11.0 Å². The number of halogens is 1. The van der Waals surface area contributed by atoms with Gasteiger partial charge < -0.3 is 5.32 Å². The Morgan fingerprint density at radius 1 is 1.16 bits per heavy atom. The molecule has 0 spiro atoms. The van der Waals surface area contributed by atoms with E-state index in [1.807, 2.05) is 24.4 Å². The molecule has 0 radical (unpaired) electrons. The first-order valence-electron chi connectivity index (χ1n) is 6.55. The van der Waals surface area contributed by atoms with E-state index in [-0.39, 0.29) is 11.9 Å². The fraction of sp³-hybridized carbons (Fsp3) is 0.312. The zero-order valence-corrected chi connectivity index (χ0v) is 11.3. The van der Waals surface area contributed by atoms with E-state index >= 15 is 0 Å². The van der Waals surface area contributed by atoms with Gasteiger partial charge in [0, 0.05) is 24.5 Å². The summed E-state index contributed by atoms with van der Waals surface area (Å²) < 4.78 is 12.8. The molecule has 1 aromatic carbocycles. The maximum Gasteiger partial charge on any atom is 0.123 e. The van der Waals surface area contributed by atoms with Crippen molar-refractivity contribution in [2.75, 3.05) is 0 Å². The number of rotatable bonds is 5. The normalized spacial score (nSPS) is 14.1. The molecule has 2 nitrogen and oxygen atoms in total. The summed E-state index contributed by atoms with van der Waals surface area (Å²) in [5.74, 6) is -0.187. The molecule has 19 heavy (non-hydrogen) atoms. The molecule has 0 aliphatic carbocycles. The van der Waals surface area contributed by atoms with Gasteiger partial charge >= 0.3 is 0 Å². The van der Waals surface area contributed by atoms with E-state index in [0.29, 0.717) is 6.04 Å². The summed E-state index contributed by atoms with van der Waals surface area (Å²) in [7, 11) is 0. The van der Waals surface area contributed by atoms with Gasteiger partial charge in [-0.15, -0.1) is 0 Å². The summed E-state index contributed by atoms with van der Waals surface area (Å²) in [5, 5.41) is 3.53. The lowest BCUT2D eigenvalue weighted by atomic mass is 10.0. The molecule has 0 aliphatic rings. The molecule has 0 aliphatic heterocycles. The molecule has 0 saturated heterocycles. The van der Waals surface area contributed by atoms with Crippen LogP contribution in [0.2, 0.25) is 0 Å². The fourth-order valence-corrected chi connectivity index (χ4v) is 2.19. The summed E-state index contributed by atoms with van der Waals surface area (Å²) in [4.78, 5) is 4.13. The molecule has 1 N–H and O–H groups in total. The molecule has 2 rings (SSSR count). The van der Waals surface area contributed by atoms with Crippen molar-refractivity contribution in [3.8, 4) is 0 Å². The van der Waals surface area contributed by atoms with Crippen molar-refractivity contribution in [2.24, 2.45) is 0 Å². The molecule has 1 heterocycles. The predicted octanol–water partition coefficient (Wildman–Crippen LogP) is 3.50. The summed E-state index contributed by atoms with van der Waals surface area (Å²) in [6, 6.07) is 11.3. The zero-order chi connectivity index (χ0) is 13.7. The number of pyridine rings is 1. The quantitative estimate of drug-likeness (QED) is 0.887. The monoisotopic (exact) mass is 258 g/mol. The molecule has 1 unspecified atom stereocenters. The molecular formula is C16H19FN2. The van der Waals surface area contributed by atoms with E-state index in [1.165, 1.54) is 17.7 Å². The van der Waals surface area contributed by atoms with E-state index in [1.54, 1.807) is 6.20 Å². The van der Waals surface area contributed by atoms with E-state index < -0.39 is 0 Å². The third kappa shape index (κ3) is 4.14. The van der Waals surface area contributed by atoms with E-state index in [0.717, 1.165) is 12.0 Å². The first-order chi connectivity index (χ1) is 9.15. The lowest BCUT2D eigenvalue weighted by molar-refractivity contribution is 0.476. The Bertz CT molecular complexity index is 496. The molecule has 1 aromatic heterocycles. The van der Waals surface area contributed by atoms with Crippen LogP contribution in [0.4, 0.5) is 4.39 Å². The number of benzene rings is 1. The van der Waals surface area contributed by atoms with Crippen LogP contribution in [0.3, 0.4) is 0 Å². The topological polar surface area (TPSA) is 24.9 Å². The second-order valence-electron chi connectivity index (χ2n) is 4.91. The Labute approximate surface area is 113 Å². The average Bonchev–Trinajstić information content (AvgIpc) is 2.42. The Balaban J connectivity index is 1.90. The van der Waals surface area contributed by atoms with Crippen LogP contribution in [0.1, 0.15) is 31.0 Å². The van der Waals surface area contributed by atoms with Crippen LogP contribution in [0.5, 0.6) is 0 Å². The van der Waals surface area contributed by atoms with Gasteiger partial charge in [-0.1, -0.05) is 18.2 Å². The van der Waals surface area contributed by atoms with Crippen LogP contribution < -0.4 is 5.32 Å². The predicted molar refractivity (Wildman–Crippen MR) is 75.4 cm³/mol. The Hall–Kier alpha value is -1.74. The highest BCUT2D eigenvalue weighted by Gasteiger charge is 2.10. The van der Waals surface area contributed by atoms with Gasteiger partial charge in [0.25, 0.3) is 0 Å². The molecule has 0 fully saturated rings. The third-order valence-electron chi connectivity index (χ3n) is 3.17. The van der Waals surface area contributed by atoms with Gasteiger partial charge in [-0.25, -0.2) is 4.39 Å². The van der Waals surface area contributed by atoms with Crippen LogP contribution in [0.25, 0.3) is 0 Å². The van der Waals surface area contributed by atoms with E-state index in [4.69, 9.17) is 0 Å². The largest absolute Gasteiger partial charge is 0.307 e. The van der Waals surface area contributed by atoms with Crippen molar-refractivity contribution < 1.29 is 4.39 Å². The van der Waals surface area contributed by atoms with Crippen molar-refractivity contribution in [3.63, 3.8) is 0 Å². The van der Waals surface area contributed by atoms with Crippen molar-refractivity contribution in [2.45, 2.75) is 32.4 Å². The van der Waals surface area contributed by atoms with Crippen molar-refractivity contribution in [1.29, 1.82) is 0 Å². The van der Waals surface area contributed by atoms with Crippen LogP contribution in [-0.2, 0) is 6.42 Å². The van der Waals surface area contributed by atoms with Gasteiger partial charge in [-0.3, -0.25) is 4.98 Å². The maximum absolute atomic E-state index is 12.8. The van der Waals surface area contributed by atoms with Gasteiger partial charge in [-0.05, 0) is 49.6 Å². The molecule has 2 aromatic rings. The number of nitrogens with one attached hydrogen (secondary N) is 1. The second-order valence-corrected chi connectivity index (χ2v) is 4.91. The van der Waals surface area contributed by atoms with Crippen LogP contribution in [0.15, 0.2) is 48.8 Å². The molecule has 0 saturated carbocycles. The molecule has 2 atom stereocenters. The van der Waals surface area contributed by atoms with Gasteiger partial charge in [0.2, 0.25) is 0 Å². The minimum absolute atomic E-state index is 0.187. The second kappa shape index (κ2) is 6.43. The molecule has 3 heteroatoms. The van der Waals surface area contributed by atoms with Crippen molar-refractivity contribution in [1.82, 2.24) is 10.3 Å². The average molecular weight is 258 g/mol. The molecular weight excluding hydrogens is 239 g/mol. The minimum atomic E-state index is -0.187. The van der Waals surface area contributed by atoms with E-state index in [9.17, 15) is 4.39 Å². The lowest BCUT2D eigenvalue weighted by Crippen LogP contribution is -2.30. The fourth-order valence-electron chi connectivity index (χ4n) is 2.19. The number of hydrogen-bond acceptors (Lipinski definition) is 2. The highest BCUT2D eigenvalue weighted by Crippen LogP contribution is 2.13. The number of nitrogens with zero attached hydrogens (tertiary/aromatic N) is 1. The first-order valence-corrected chi connectivity index (χ1v) is 6.55. The Morgan fingerprint density at radius 3 is 2.53 bits per heavy atom. The van der Waals surface area contributed by atoms with Gasteiger partial charge in [-0.2, -0.15) is 0 Å². The van der Waals surface area contributed by atoms with E-state index in [2.05, 4.69) is 30.2 Å². The summed E-state index contributed by atoms with van der Waals surface area (Å²) in [6.45, 7) is 4.26. The third-order valence-corrected chi connectivity index (χ3v) is 3.17. The summed E-state index contributed by atoms with van der Waals surface area (Å²) >= 11 is 0. The molecule has 0 bridgehead atoms. The summed E-state index contributed by atoms with van der Waals surface area (Å²) in [5.41, 5.74) is 2.31. The molecule has 0 amide bonds. The SMILES string of the molecule is CC(Cc1ccc(F)cc1)N[C@H](C)c1cccnc1. The van der Waals surface area contributed by atoms with Crippen LogP contribution in [0, 0.1) is 5.82 Å². The Kier molecular flexibility index (Phi) is 4.63.